The van der Waals surface area contributed by atoms with Gasteiger partial charge in [0.2, 0.25) is 0 Å². The molecule has 0 saturated carbocycles. The number of rotatable bonds is 1. The van der Waals surface area contributed by atoms with Gasteiger partial charge < -0.3 is 5.43 Å². The van der Waals surface area contributed by atoms with E-state index in [0.29, 0.717) is 0 Å². The zero-order valence-corrected chi connectivity index (χ0v) is 12.6. The van der Waals surface area contributed by atoms with Gasteiger partial charge in [-0.3, -0.25) is 0 Å². The molecule has 0 spiro atoms. The molecule has 0 amide bonds. The van der Waals surface area contributed by atoms with Crippen LogP contribution in [0.1, 0.15) is 23.6 Å². The van der Waals surface area contributed by atoms with E-state index in [4.69, 9.17) is 0 Å². The van der Waals surface area contributed by atoms with E-state index in [2.05, 4.69) is 43.5 Å². The van der Waals surface area contributed by atoms with E-state index < -0.39 is 0 Å². The van der Waals surface area contributed by atoms with Crippen LogP contribution in [-0.2, 0) is 13.0 Å². The molecule has 2 nitrogen and oxygen atoms in total. The van der Waals surface area contributed by atoms with Crippen molar-refractivity contribution in [2.75, 3.05) is 12.5 Å². The number of hydrogen-bond donors (Lipinski definition) is 1. The fraction of sp³-hybridized carbons (Fsp3) is 0.455. The summed E-state index contributed by atoms with van der Waals surface area (Å²) in [5, 5.41) is 2.11. The molecular formula is C11H15LaN2-. The maximum Gasteiger partial charge on any atom is 0.00554 e. The molecular weight excluding hydrogens is 299 g/mol. The predicted octanol–water partition coefficient (Wildman–Crippen LogP) is 2.13. The van der Waals surface area contributed by atoms with Gasteiger partial charge in [0.1, 0.15) is 0 Å². The van der Waals surface area contributed by atoms with Crippen LogP contribution in [0.2, 0.25) is 0 Å². The molecule has 1 aliphatic rings. The minimum absolute atomic E-state index is 0. The summed E-state index contributed by atoms with van der Waals surface area (Å²) in [7, 11) is 2.06. The van der Waals surface area contributed by atoms with E-state index in [1.807, 2.05) is 0 Å². The van der Waals surface area contributed by atoms with E-state index in [1.165, 1.54) is 22.4 Å². The summed E-state index contributed by atoms with van der Waals surface area (Å²) in [5.74, 6) is 0. The molecule has 0 saturated heterocycles. The third-order valence-corrected chi connectivity index (χ3v) is 2.46. The van der Waals surface area contributed by atoms with Crippen molar-refractivity contribution in [2.45, 2.75) is 26.8 Å². The van der Waals surface area contributed by atoms with Crippen molar-refractivity contribution in [3.8, 4) is 0 Å². The summed E-state index contributed by atoms with van der Waals surface area (Å²) in [5.41, 5.74) is 8.57. The number of benzene rings is 1. The fourth-order valence-corrected chi connectivity index (χ4v) is 1.88. The smallest absolute Gasteiger partial charge is 0.00554 e. The molecule has 0 atom stereocenters. The number of nitrogens with zero attached hydrogens (tertiary/aromatic N) is 1. The van der Waals surface area contributed by atoms with Crippen LogP contribution in [0.15, 0.2) is 6.07 Å². The second-order valence-corrected chi connectivity index (χ2v) is 3.64. The van der Waals surface area contributed by atoms with Gasteiger partial charge >= 0.3 is 0 Å². The van der Waals surface area contributed by atoms with Crippen LogP contribution < -0.4 is 5.43 Å². The molecule has 1 aromatic carbocycles. The van der Waals surface area contributed by atoms with Crippen molar-refractivity contribution in [3.05, 3.63) is 28.8 Å². The largest absolute Gasteiger partial charge is 0.344 e. The quantitative estimate of drug-likeness (QED) is 0.799. The fourth-order valence-electron chi connectivity index (χ4n) is 1.88. The summed E-state index contributed by atoms with van der Waals surface area (Å²) in [6.07, 6.45) is 1.07. The Morgan fingerprint density at radius 1 is 1.57 bits per heavy atom. The van der Waals surface area contributed by atoms with Gasteiger partial charge in [-0.2, -0.15) is 17.2 Å². The van der Waals surface area contributed by atoms with Crippen LogP contribution in [0.5, 0.6) is 0 Å². The van der Waals surface area contributed by atoms with Gasteiger partial charge in [-0.25, -0.2) is 5.01 Å². The molecule has 3 heteroatoms. The molecule has 1 aliphatic heterocycles. The second-order valence-electron chi connectivity index (χ2n) is 3.64. The summed E-state index contributed by atoms with van der Waals surface area (Å²) >= 11 is 0. The van der Waals surface area contributed by atoms with Crippen molar-refractivity contribution in [3.63, 3.8) is 0 Å². The summed E-state index contributed by atoms with van der Waals surface area (Å²) < 4.78 is 0. The molecule has 1 radical (unpaired) electrons. The maximum atomic E-state index is 3.41. The predicted molar refractivity (Wildman–Crippen MR) is 54.5 cm³/mol. The molecule has 14 heavy (non-hydrogen) atoms. The second kappa shape index (κ2) is 4.80. The van der Waals surface area contributed by atoms with Crippen LogP contribution in [-0.4, -0.2) is 12.1 Å². The molecule has 1 aromatic rings. The standard InChI is InChI=1S/C11H15N2.La/c1-4-9-5-8(2)6-11-10(9)7-13(3)12-11;/h6,12H,4,7H2,1-3H3;/q-1;. The maximum absolute atomic E-state index is 3.41. The Morgan fingerprint density at radius 3 is 2.93 bits per heavy atom. The van der Waals surface area contributed by atoms with Crippen molar-refractivity contribution in [1.82, 2.24) is 5.01 Å². The van der Waals surface area contributed by atoms with Crippen molar-refractivity contribution < 1.29 is 35.6 Å². The van der Waals surface area contributed by atoms with Crippen LogP contribution in [0.25, 0.3) is 0 Å². The third-order valence-electron chi connectivity index (χ3n) is 2.46. The normalized spacial score (nSPS) is 14.5. The third kappa shape index (κ3) is 2.22. The van der Waals surface area contributed by atoms with Gasteiger partial charge in [-0.05, 0) is 6.54 Å². The Morgan fingerprint density at radius 2 is 2.29 bits per heavy atom. The first kappa shape index (κ1) is 12.2. The molecule has 0 fully saturated rings. The summed E-state index contributed by atoms with van der Waals surface area (Å²) in [4.78, 5) is 0. The van der Waals surface area contributed by atoms with Crippen LogP contribution >= 0.6 is 0 Å². The number of hydrazine groups is 1. The van der Waals surface area contributed by atoms with E-state index in [-0.39, 0.29) is 35.6 Å². The van der Waals surface area contributed by atoms with Crippen LogP contribution in [0.3, 0.4) is 0 Å². The zero-order chi connectivity index (χ0) is 9.42. The number of nitrogens with one attached hydrogen (secondary N) is 1. The first-order valence-electron chi connectivity index (χ1n) is 4.73. The molecule has 0 bridgehead atoms. The van der Waals surface area contributed by atoms with Crippen molar-refractivity contribution in [1.29, 1.82) is 0 Å². The van der Waals surface area contributed by atoms with E-state index in [1.54, 1.807) is 0 Å². The first-order chi connectivity index (χ1) is 6.20. The van der Waals surface area contributed by atoms with Crippen LogP contribution in [0.4, 0.5) is 5.69 Å². The molecule has 0 unspecified atom stereocenters. The average Bonchev–Trinajstić information content (AvgIpc) is 2.43. The van der Waals surface area contributed by atoms with Gasteiger partial charge in [0.15, 0.2) is 0 Å². The van der Waals surface area contributed by atoms with E-state index in [0.717, 1.165) is 13.0 Å². The summed E-state index contributed by atoms with van der Waals surface area (Å²) in [6, 6.07) is 5.58. The van der Waals surface area contributed by atoms with Gasteiger partial charge in [0, 0.05) is 42.6 Å². The van der Waals surface area contributed by atoms with E-state index in [9.17, 15) is 0 Å². The Labute approximate surface area is 114 Å². The molecule has 2 rings (SSSR count). The minimum Gasteiger partial charge on any atom is -0.344 e. The number of fused-ring (bicyclic) bond motifs is 1. The molecule has 1 heterocycles. The monoisotopic (exact) mass is 314 g/mol. The van der Waals surface area contributed by atoms with Gasteiger partial charge in [-0.15, -0.1) is 11.6 Å². The topological polar surface area (TPSA) is 15.3 Å². The van der Waals surface area contributed by atoms with Crippen molar-refractivity contribution >= 4 is 5.69 Å². The van der Waals surface area contributed by atoms with Gasteiger partial charge in [-0.1, -0.05) is 26.0 Å². The first-order valence-corrected chi connectivity index (χ1v) is 4.73. The van der Waals surface area contributed by atoms with Gasteiger partial charge in [0.05, 0.1) is 0 Å². The van der Waals surface area contributed by atoms with Crippen LogP contribution in [0, 0.1) is 48.6 Å². The average molecular weight is 314 g/mol. The molecule has 73 valence electrons. The Kier molecular flexibility index (Phi) is 4.20. The zero-order valence-electron chi connectivity index (χ0n) is 9.02. The molecule has 0 aliphatic carbocycles. The SMILES string of the molecule is CCc1[c-]c(C)cc2c1CN(C)N2.[La]. The van der Waals surface area contributed by atoms with E-state index >= 15 is 0 Å². The number of hydrogen-bond acceptors (Lipinski definition) is 2. The Bertz CT molecular complexity index is 336. The van der Waals surface area contributed by atoms with Crippen molar-refractivity contribution in [2.24, 2.45) is 0 Å². The summed E-state index contributed by atoms with van der Waals surface area (Å²) in [6.45, 7) is 5.28. The van der Waals surface area contributed by atoms with Gasteiger partial charge in [0.25, 0.3) is 0 Å². The molecule has 0 aromatic heterocycles. The molecule has 1 N–H and O–H groups in total. The Balaban J connectivity index is 0.000000980. The Hall–Kier alpha value is 0.175. The minimum atomic E-state index is 0. The number of aryl methyl sites for hydroxylation is 2. The number of anilines is 1.